The fraction of sp³-hybridized carbons (Fsp3) is 0.0769. The van der Waals surface area contributed by atoms with Gasteiger partial charge in [-0.2, -0.15) is 0 Å². The summed E-state index contributed by atoms with van der Waals surface area (Å²) < 4.78 is 0.734. The van der Waals surface area contributed by atoms with E-state index in [2.05, 4.69) is 26.4 Å². The minimum atomic E-state index is -0.246. The van der Waals surface area contributed by atoms with Crippen LogP contribution in [0.25, 0.3) is 0 Å². The summed E-state index contributed by atoms with van der Waals surface area (Å²) in [6.07, 6.45) is 0. The number of nitrogens with zero attached hydrogens (tertiary/aromatic N) is 1. The van der Waals surface area contributed by atoms with E-state index in [-0.39, 0.29) is 11.7 Å². The lowest BCUT2D eigenvalue weighted by atomic mass is 10.1. The number of amidine groups is 1. The lowest BCUT2D eigenvalue weighted by Gasteiger charge is -2.12. The number of hydrogen-bond acceptors (Lipinski definition) is 4. The van der Waals surface area contributed by atoms with Gasteiger partial charge in [0.25, 0.3) is 5.91 Å². The molecule has 2 aromatic rings. The van der Waals surface area contributed by atoms with Crippen molar-refractivity contribution in [3.63, 3.8) is 0 Å². The number of amides is 1. The van der Waals surface area contributed by atoms with Gasteiger partial charge in [-0.05, 0) is 45.9 Å². The topological polar surface area (TPSA) is 87.7 Å². The van der Waals surface area contributed by atoms with Crippen molar-refractivity contribution in [3.05, 3.63) is 50.1 Å². The van der Waals surface area contributed by atoms with Crippen LogP contribution in [0.5, 0.6) is 0 Å². The van der Waals surface area contributed by atoms with Gasteiger partial charge in [-0.1, -0.05) is 17.3 Å². The van der Waals surface area contributed by atoms with Crippen molar-refractivity contribution in [2.24, 2.45) is 10.9 Å². The molecular formula is C13H12BrN3O2S. The number of oxime groups is 1. The Morgan fingerprint density at radius 2 is 2.20 bits per heavy atom. The molecule has 0 aliphatic carbocycles. The van der Waals surface area contributed by atoms with Gasteiger partial charge in [0.15, 0.2) is 5.84 Å². The number of nitrogens with one attached hydrogen (secondary N) is 1. The Labute approximate surface area is 128 Å². The SMILES string of the molecule is Cc1cccc(NC(=O)c2sccc2Br)c1/C(N)=N/O. The molecule has 0 unspecified atom stereocenters. The van der Waals surface area contributed by atoms with Gasteiger partial charge < -0.3 is 16.3 Å². The van der Waals surface area contributed by atoms with Crippen molar-refractivity contribution in [3.8, 4) is 0 Å². The van der Waals surface area contributed by atoms with Crippen molar-refractivity contribution >= 4 is 44.7 Å². The smallest absolute Gasteiger partial charge is 0.266 e. The molecule has 0 radical (unpaired) electrons. The minimum absolute atomic E-state index is 0.0383. The minimum Gasteiger partial charge on any atom is -0.409 e. The van der Waals surface area contributed by atoms with Crippen LogP contribution in [-0.4, -0.2) is 17.0 Å². The molecule has 104 valence electrons. The highest BCUT2D eigenvalue weighted by Gasteiger charge is 2.16. The maximum absolute atomic E-state index is 12.2. The summed E-state index contributed by atoms with van der Waals surface area (Å²) >= 11 is 4.65. The number of benzene rings is 1. The molecular weight excluding hydrogens is 342 g/mol. The molecule has 0 fully saturated rings. The average molecular weight is 354 g/mol. The molecule has 0 atom stereocenters. The Morgan fingerprint density at radius 3 is 2.80 bits per heavy atom. The molecule has 0 saturated carbocycles. The van der Waals surface area contributed by atoms with Crippen LogP contribution in [0.4, 0.5) is 5.69 Å². The van der Waals surface area contributed by atoms with Crippen LogP contribution in [0.2, 0.25) is 0 Å². The van der Waals surface area contributed by atoms with Gasteiger partial charge in [-0.25, -0.2) is 0 Å². The third kappa shape index (κ3) is 2.83. The van der Waals surface area contributed by atoms with Crippen molar-refractivity contribution < 1.29 is 10.0 Å². The Hall–Kier alpha value is -1.86. The molecule has 20 heavy (non-hydrogen) atoms. The molecule has 1 aromatic heterocycles. The lowest BCUT2D eigenvalue weighted by Crippen LogP contribution is -2.20. The fourth-order valence-corrected chi connectivity index (χ4v) is 3.24. The Balaban J connectivity index is 2.38. The van der Waals surface area contributed by atoms with Crippen LogP contribution < -0.4 is 11.1 Å². The molecule has 0 spiro atoms. The van der Waals surface area contributed by atoms with Crippen molar-refractivity contribution in [1.29, 1.82) is 0 Å². The van der Waals surface area contributed by atoms with E-state index in [1.54, 1.807) is 18.2 Å². The van der Waals surface area contributed by atoms with Crippen LogP contribution in [0.3, 0.4) is 0 Å². The predicted octanol–water partition coefficient (Wildman–Crippen LogP) is 3.17. The van der Waals surface area contributed by atoms with Crippen LogP contribution in [0.15, 0.2) is 39.3 Å². The average Bonchev–Trinajstić information content (AvgIpc) is 2.84. The molecule has 1 heterocycles. The second-order valence-electron chi connectivity index (χ2n) is 4.03. The molecule has 0 saturated heterocycles. The summed E-state index contributed by atoms with van der Waals surface area (Å²) in [5.41, 5.74) is 7.49. The van der Waals surface area contributed by atoms with E-state index in [4.69, 9.17) is 10.9 Å². The second-order valence-corrected chi connectivity index (χ2v) is 5.80. The van der Waals surface area contributed by atoms with E-state index in [0.717, 1.165) is 10.0 Å². The quantitative estimate of drug-likeness (QED) is 0.342. The molecule has 1 amide bonds. The summed E-state index contributed by atoms with van der Waals surface area (Å²) in [6.45, 7) is 1.82. The number of anilines is 1. The Bertz CT molecular complexity index is 682. The first-order valence-corrected chi connectivity index (χ1v) is 7.33. The molecule has 7 heteroatoms. The van der Waals surface area contributed by atoms with Crippen molar-refractivity contribution in [2.45, 2.75) is 6.92 Å². The van der Waals surface area contributed by atoms with Crippen molar-refractivity contribution in [2.75, 3.05) is 5.32 Å². The van der Waals surface area contributed by atoms with Gasteiger partial charge >= 0.3 is 0 Å². The highest BCUT2D eigenvalue weighted by Crippen LogP contribution is 2.25. The van der Waals surface area contributed by atoms with Crippen LogP contribution in [0.1, 0.15) is 20.8 Å². The van der Waals surface area contributed by atoms with E-state index in [1.165, 1.54) is 11.3 Å². The molecule has 1 aromatic carbocycles. The first kappa shape index (κ1) is 14.5. The number of carbonyl (C=O) groups excluding carboxylic acids is 1. The molecule has 5 nitrogen and oxygen atoms in total. The first-order chi connectivity index (χ1) is 9.54. The van der Waals surface area contributed by atoms with Crippen LogP contribution in [0, 0.1) is 6.92 Å². The monoisotopic (exact) mass is 353 g/mol. The third-order valence-electron chi connectivity index (χ3n) is 2.71. The zero-order valence-corrected chi connectivity index (χ0v) is 13.0. The van der Waals surface area contributed by atoms with E-state index >= 15 is 0 Å². The standard InChI is InChI=1S/C13H12BrN3O2S/c1-7-3-2-4-9(10(7)12(15)17-19)16-13(18)11-8(14)5-6-20-11/h2-6,19H,1H3,(H2,15,17)(H,16,18). The zero-order chi connectivity index (χ0) is 14.7. The lowest BCUT2D eigenvalue weighted by molar-refractivity contribution is 0.103. The number of hydrogen-bond donors (Lipinski definition) is 3. The molecule has 2 rings (SSSR count). The van der Waals surface area contributed by atoms with E-state index < -0.39 is 0 Å². The Kier molecular flexibility index (Phi) is 4.41. The summed E-state index contributed by atoms with van der Waals surface area (Å²) in [6, 6.07) is 7.13. The molecule has 0 aliphatic rings. The summed E-state index contributed by atoms with van der Waals surface area (Å²) in [7, 11) is 0. The molecule has 0 aliphatic heterocycles. The second kappa shape index (κ2) is 6.06. The van der Waals surface area contributed by atoms with Gasteiger partial charge in [0.2, 0.25) is 0 Å². The third-order valence-corrected chi connectivity index (χ3v) is 4.54. The predicted molar refractivity (Wildman–Crippen MR) is 83.7 cm³/mol. The summed E-state index contributed by atoms with van der Waals surface area (Å²) in [5, 5.41) is 16.4. The number of carbonyl (C=O) groups is 1. The van der Waals surface area contributed by atoms with Gasteiger partial charge in [0.05, 0.1) is 5.69 Å². The van der Waals surface area contributed by atoms with Crippen molar-refractivity contribution in [1.82, 2.24) is 0 Å². The van der Waals surface area contributed by atoms with Gasteiger partial charge in [0, 0.05) is 10.0 Å². The van der Waals surface area contributed by atoms with Gasteiger partial charge in [-0.15, -0.1) is 11.3 Å². The summed E-state index contributed by atoms with van der Waals surface area (Å²) in [4.78, 5) is 12.8. The highest BCUT2D eigenvalue weighted by molar-refractivity contribution is 9.10. The number of aryl methyl sites for hydroxylation is 1. The van der Waals surface area contributed by atoms with E-state index in [0.29, 0.717) is 16.1 Å². The Morgan fingerprint density at radius 1 is 1.45 bits per heavy atom. The number of rotatable bonds is 3. The van der Waals surface area contributed by atoms with Crippen LogP contribution >= 0.6 is 27.3 Å². The van der Waals surface area contributed by atoms with Gasteiger partial charge in [-0.3, -0.25) is 4.79 Å². The number of thiophene rings is 1. The number of nitrogens with two attached hydrogens (primary N) is 1. The normalized spacial score (nSPS) is 11.4. The maximum Gasteiger partial charge on any atom is 0.266 e. The van der Waals surface area contributed by atoms with Gasteiger partial charge in [0.1, 0.15) is 4.88 Å². The van der Waals surface area contributed by atoms with E-state index in [9.17, 15) is 4.79 Å². The van der Waals surface area contributed by atoms with E-state index in [1.807, 2.05) is 18.4 Å². The first-order valence-electron chi connectivity index (χ1n) is 5.66. The highest BCUT2D eigenvalue weighted by atomic mass is 79.9. The largest absolute Gasteiger partial charge is 0.409 e. The summed E-state index contributed by atoms with van der Waals surface area (Å²) in [5.74, 6) is -0.284. The van der Waals surface area contributed by atoms with Crippen LogP contribution in [-0.2, 0) is 0 Å². The fourth-order valence-electron chi connectivity index (χ4n) is 1.80. The zero-order valence-electron chi connectivity index (χ0n) is 10.6. The maximum atomic E-state index is 12.2. The molecule has 4 N–H and O–H groups in total. The number of halogens is 1. The molecule has 0 bridgehead atoms.